The van der Waals surface area contributed by atoms with E-state index in [1.807, 2.05) is 41.8 Å². The molecule has 7 heteroatoms. The maximum atomic E-state index is 9.27. The van der Waals surface area contributed by atoms with E-state index >= 15 is 0 Å². The van der Waals surface area contributed by atoms with Gasteiger partial charge in [0, 0.05) is 43.5 Å². The number of hydrogen-bond donors (Lipinski definition) is 1. The summed E-state index contributed by atoms with van der Waals surface area (Å²) in [5.41, 5.74) is 5.74. The molecular formula is C26H28N6S. The predicted molar refractivity (Wildman–Crippen MR) is 134 cm³/mol. The van der Waals surface area contributed by atoms with Crippen molar-refractivity contribution in [2.75, 3.05) is 26.7 Å². The fourth-order valence-corrected chi connectivity index (χ4v) is 7.11. The summed E-state index contributed by atoms with van der Waals surface area (Å²) >= 11 is 1.96. The first-order chi connectivity index (χ1) is 16.1. The summed E-state index contributed by atoms with van der Waals surface area (Å²) in [4.78, 5) is 6.40. The second kappa shape index (κ2) is 8.21. The number of nitrogens with zero attached hydrogens (tertiary/aromatic N) is 5. The van der Waals surface area contributed by atoms with E-state index in [0.717, 1.165) is 42.0 Å². The van der Waals surface area contributed by atoms with Crippen molar-refractivity contribution in [2.45, 2.75) is 24.4 Å². The number of aryl methyl sites for hydroxylation is 1. The Morgan fingerprint density at radius 2 is 1.91 bits per heavy atom. The number of piperidine rings is 1. The lowest BCUT2D eigenvalue weighted by atomic mass is 9.93. The highest BCUT2D eigenvalue weighted by Crippen LogP contribution is 2.49. The molecule has 0 bridgehead atoms. The molecule has 3 aliphatic heterocycles. The zero-order valence-corrected chi connectivity index (χ0v) is 19.8. The molecule has 2 aromatic carbocycles. The van der Waals surface area contributed by atoms with Gasteiger partial charge in [0.25, 0.3) is 0 Å². The highest BCUT2D eigenvalue weighted by atomic mass is 32.2. The van der Waals surface area contributed by atoms with Crippen molar-refractivity contribution in [1.82, 2.24) is 24.9 Å². The first-order valence-corrected chi connectivity index (χ1v) is 12.5. The molecule has 2 saturated heterocycles. The van der Waals surface area contributed by atoms with Gasteiger partial charge >= 0.3 is 0 Å². The van der Waals surface area contributed by atoms with Crippen LogP contribution in [0.4, 0.5) is 0 Å². The predicted octanol–water partition coefficient (Wildman–Crippen LogP) is 3.92. The van der Waals surface area contributed by atoms with Gasteiger partial charge in [0.2, 0.25) is 0 Å². The van der Waals surface area contributed by atoms with Crippen LogP contribution in [0.3, 0.4) is 0 Å². The SMILES string of the molecule is CN1C(c2ccc(C#N)cc2)=C(c2ccc3c(cnn3C)c2)SC1N1CCC2NCCC2C1. The number of fused-ring (bicyclic) bond motifs is 2. The molecule has 3 aromatic rings. The van der Waals surface area contributed by atoms with Crippen LogP contribution in [0.2, 0.25) is 0 Å². The molecule has 2 fully saturated rings. The zero-order valence-electron chi connectivity index (χ0n) is 19.0. The van der Waals surface area contributed by atoms with Gasteiger partial charge in [-0.25, -0.2) is 0 Å². The lowest BCUT2D eigenvalue weighted by Crippen LogP contribution is -2.50. The summed E-state index contributed by atoms with van der Waals surface area (Å²) in [6.07, 6.45) is 4.45. The van der Waals surface area contributed by atoms with Crippen LogP contribution in [-0.4, -0.2) is 57.8 Å². The van der Waals surface area contributed by atoms with Gasteiger partial charge in [-0.1, -0.05) is 30.0 Å². The van der Waals surface area contributed by atoms with E-state index in [2.05, 4.69) is 63.7 Å². The fourth-order valence-electron chi connectivity index (χ4n) is 5.65. The minimum atomic E-state index is 0.275. The third-order valence-corrected chi connectivity index (χ3v) is 8.91. The molecule has 4 heterocycles. The van der Waals surface area contributed by atoms with E-state index in [-0.39, 0.29) is 5.50 Å². The first-order valence-electron chi connectivity index (χ1n) is 11.7. The zero-order chi connectivity index (χ0) is 22.5. The second-order valence-electron chi connectivity index (χ2n) is 9.36. The van der Waals surface area contributed by atoms with Gasteiger partial charge in [-0.15, -0.1) is 0 Å². The topological polar surface area (TPSA) is 60.1 Å². The Balaban J connectivity index is 1.40. The van der Waals surface area contributed by atoms with Crippen LogP contribution < -0.4 is 5.32 Å². The van der Waals surface area contributed by atoms with Crippen molar-refractivity contribution in [1.29, 1.82) is 5.26 Å². The van der Waals surface area contributed by atoms with Crippen LogP contribution >= 0.6 is 11.8 Å². The molecule has 1 N–H and O–H groups in total. The molecule has 168 valence electrons. The molecule has 3 unspecified atom stereocenters. The van der Waals surface area contributed by atoms with Crippen molar-refractivity contribution >= 4 is 33.3 Å². The first kappa shape index (κ1) is 20.8. The van der Waals surface area contributed by atoms with Crippen LogP contribution in [0.1, 0.15) is 29.5 Å². The monoisotopic (exact) mass is 456 g/mol. The number of hydrogen-bond acceptors (Lipinski definition) is 6. The van der Waals surface area contributed by atoms with E-state index in [9.17, 15) is 5.26 Å². The lowest BCUT2D eigenvalue weighted by Gasteiger charge is -2.41. The van der Waals surface area contributed by atoms with Gasteiger partial charge in [0.1, 0.15) is 5.50 Å². The van der Waals surface area contributed by atoms with Gasteiger partial charge in [-0.3, -0.25) is 9.58 Å². The second-order valence-corrected chi connectivity index (χ2v) is 10.4. The molecule has 1 aromatic heterocycles. The van der Waals surface area contributed by atoms with E-state index in [0.29, 0.717) is 11.6 Å². The van der Waals surface area contributed by atoms with Crippen LogP contribution in [-0.2, 0) is 7.05 Å². The van der Waals surface area contributed by atoms with Crippen molar-refractivity contribution in [3.63, 3.8) is 0 Å². The minimum absolute atomic E-state index is 0.275. The molecule has 0 saturated carbocycles. The smallest absolute Gasteiger partial charge is 0.135 e. The van der Waals surface area contributed by atoms with Gasteiger partial charge in [0.15, 0.2) is 0 Å². The average molecular weight is 457 g/mol. The average Bonchev–Trinajstić information content (AvgIpc) is 3.55. The summed E-state index contributed by atoms with van der Waals surface area (Å²) in [7, 11) is 4.21. The third-order valence-electron chi connectivity index (χ3n) is 7.42. The van der Waals surface area contributed by atoms with Crippen molar-refractivity contribution in [2.24, 2.45) is 13.0 Å². The van der Waals surface area contributed by atoms with Crippen molar-refractivity contribution in [3.8, 4) is 6.07 Å². The van der Waals surface area contributed by atoms with Crippen LogP contribution in [0.5, 0.6) is 0 Å². The van der Waals surface area contributed by atoms with E-state index < -0.39 is 0 Å². The van der Waals surface area contributed by atoms with E-state index in [1.165, 1.54) is 29.0 Å². The largest absolute Gasteiger partial charge is 0.348 e. The maximum Gasteiger partial charge on any atom is 0.135 e. The summed E-state index contributed by atoms with van der Waals surface area (Å²) in [5, 5.41) is 18.5. The third kappa shape index (κ3) is 3.54. The molecular weight excluding hydrogens is 428 g/mol. The number of aromatic nitrogens is 2. The summed E-state index contributed by atoms with van der Waals surface area (Å²) < 4.78 is 1.92. The molecule has 0 aliphatic carbocycles. The standard InChI is InChI=1S/C26H28N6S/c1-30-24(18-5-3-17(14-27)4-6-18)25(19-7-8-23-21(13-19)15-29-31(23)2)33-26(30)32-12-10-22-20(16-32)9-11-28-22/h3-8,13,15,20,22,26,28H,9-12,16H2,1-2H3. The molecule has 0 radical (unpaired) electrons. The number of benzene rings is 2. The van der Waals surface area contributed by atoms with Crippen LogP contribution in [0, 0.1) is 17.2 Å². The Labute approximate surface area is 198 Å². The highest BCUT2D eigenvalue weighted by molar-refractivity contribution is 8.09. The minimum Gasteiger partial charge on any atom is -0.348 e. The lowest BCUT2D eigenvalue weighted by molar-refractivity contribution is 0.104. The molecule has 6 nitrogen and oxygen atoms in total. The van der Waals surface area contributed by atoms with E-state index in [4.69, 9.17) is 0 Å². The Hall–Kier alpha value is -2.79. The summed E-state index contributed by atoms with van der Waals surface area (Å²) in [6.45, 7) is 3.42. The Bertz CT molecular complexity index is 1270. The number of likely N-dealkylation sites (tertiary alicyclic amines) is 1. The van der Waals surface area contributed by atoms with Crippen LogP contribution in [0.25, 0.3) is 21.5 Å². The quantitative estimate of drug-likeness (QED) is 0.645. The number of rotatable bonds is 3. The Kier molecular flexibility index (Phi) is 5.17. The molecule has 0 spiro atoms. The van der Waals surface area contributed by atoms with Gasteiger partial charge < -0.3 is 10.2 Å². The van der Waals surface area contributed by atoms with Gasteiger partial charge in [-0.05, 0) is 60.7 Å². The molecule has 3 atom stereocenters. The van der Waals surface area contributed by atoms with Crippen molar-refractivity contribution in [3.05, 3.63) is 65.4 Å². The number of nitrogens with one attached hydrogen (secondary N) is 1. The van der Waals surface area contributed by atoms with Crippen LogP contribution in [0.15, 0.2) is 48.7 Å². The van der Waals surface area contributed by atoms with Crippen molar-refractivity contribution < 1.29 is 0 Å². The highest BCUT2D eigenvalue weighted by Gasteiger charge is 2.40. The van der Waals surface area contributed by atoms with Gasteiger partial charge in [-0.2, -0.15) is 10.4 Å². The Morgan fingerprint density at radius 3 is 2.73 bits per heavy atom. The fraction of sp³-hybridized carbons (Fsp3) is 0.385. The summed E-state index contributed by atoms with van der Waals surface area (Å²) in [6, 6.07) is 17.6. The molecule has 3 aliphatic rings. The molecule has 33 heavy (non-hydrogen) atoms. The normalized spacial score (nSPS) is 25.6. The Morgan fingerprint density at radius 1 is 1.09 bits per heavy atom. The van der Waals surface area contributed by atoms with Gasteiger partial charge in [0.05, 0.1) is 29.0 Å². The molecule has 6 rings (SSSR count). The van der Waals surface area contributed by atoms with E-state index in [1.54, 1.807) is 0 Å². The molecule has 0 amide bonds. The number of nitriles is 1. The number of thioether (sulfide) groups is 1. The maximum absolute atomic E-state index is 9.27. The summed E-state index contributed by atoms with van der Waals surface area (Å²) in [5.74, 6) is 0.752.